The summed E-state index contributed by atoms with van der Waals surface area (Å²) in [5, 5.41) is 5.57. The average Bonchev–Trinajstić information content (AvgIpc) is 2.38. The van der Waals surface area contributed by atoms with Crippen LogP contribution in [-0.4, -0.2) is 26.3 Å². The van der Waals surface area contributed by atoms with Crippen LogP contribution in [0.4, 0.5) is 0 Å². The molecule has 1 aromatic carbocycles. The van der Waals surface area contributed by atoms with Crippen LogP contribution in [0.5, 0.6) is 0 Å². The molecule has 2 aromatic rings. The van der Waals surface area contributed by atoms with Crippen molar-refractivity contribution in [2.75, 3.05) is 11.5 Å². The maximum atomic E-state index is 12.0. The van der Waals surface area contributed by atoms with Crippen molar-refractivity contribution < 1.29 is 0 Å². The lowest BCUT2D eigenvalue weighted by Crippen LogP contribution is -2.24. The summed E-state index contributed by atoms with van der Waals surface area (Å²) in [6.45, 7) is 0. The van der Waals surface area contributed by atoms with Gasteiger partial charge in [0.15, 0.2) is 0 Å². The topological polar surface area (TPSA) is 47.8 Å². The Balaban J connectivity index is 2.27. The fraction of sp³-hybridized carbons (Fsp3) is 0.250. The van der Waals surface area contributed by atoms with Crippen molar-refractivity contribution in [1.29, 1.82) is 0 Å². The zero-order valence-corrected chi connectivity index (χ0v) is 13.5. The third-order valence-electron chi connectivity index (χ3n) is 2.31. The Morgan fingerprint density at radius 1 is 1.25 bits per heavy atom. The van der Waals surface area contributed by atoms with Crippen molar-refractivity contribution in [3.8, 4) is 5.69 Å². The van der Waals surface area contributed by atoms with Crippen LogP contribution < -0.4 is 5.69 Å². The summed E-state index contributed by atoms with van der Waals surface area (Å²) in [7, 11) is 0. The lowest BCUT2D eigenvalue weighted by molar-refractivity contribution is 0.729. The smallest absolute Gasteiger partial charge is 0.244 e. The Morgan fingerprint density at radius 3 is 2.55 bits per heavy atom. The predicted octanol–water partition coefficient (Wildman–Crippen LogP) is 3.35. The second kappa shape index (κ2) is 7.36. The molecule has 0 bridgehead atoms. The maximum absolute atomic E-state index is 12.0. The number of thiol groups is 1. The maximum Gasteiger partial charge on any atom is 0.369 e. The highest BCUT2D eigenvalue weighted by Crippen LogP contribution is 2.20. The van der Waals surface area contributed by atoms with E-state index in [1.54, 1.807) is 24.4 Å². The SMILES string of the molecule is O=c1nc(SCCCS)cnn1-c1cc(Cl)cc(Cl)c1. The van der Waals surface area contributed by atoms with Crippen molar-refractivity contribution in [3.05, 3.63) is 44.9 Å². The van der Waals surface area contributed by atoms with E-state index in [1.165, 1.54) is 16.4 Å². The van der Waals surface area contributed by atoms with Gasteiger partial charge in [-0.2, -0.15) is 27.4 Å². The number of aromatic nitrogens is 3. The predicted molar refractivity (Wildman–Crippen MR) is 86.8 cm³/mol. The highest BCUT2D eigenvalue weighted by Gasteiger charge is 2.06. The van der Waals surface area contributed by atoms with Crippen molar-refractivity contribution in [3.63, 3.8) is 0 Å². The molecule has 0 radical (unpaired) electrons. The molecule has 0 aliphatic carbocycles. The number of rotatable bonds is 5. The fourth-order valence-corrected chi connectivity index (χ4v) is 3.13. The molecule has 0 saturated heterocycles. The van der Waals surface area contributed by atoms with Crippen LogP contribution in [0.2, 0.25) is 10.0 Å². The first-order chi connectivity index (χ1) is 9.60. The standard InChI is InChI=1S/C12H11Cl2N3OS2/c13-8-4-9(14)6-10(5-8)17-12(18)16-11(7-15-17)20-3-1-2-19/h4-7,19H,1-3H2. The normalized spacial score (nSPS) is 10.8. The minimum atomic E-state index is -0.459. The molecule has 1 heterocycles. The van der Waals surface area contributed by atoms with Gasteiger partial charge in [0.2, 0.25) is 0 Å². The number of benzene rings is 1. The van der Waals surface area contributed by atoms with Crippen LogP contribution in [0.15, 0.2) is 34.2 Å². The summed E-state index contributed by atoms with van der Waals surface area (Å²) >= 11 is 17.4. The molecule has 8 heteroatoms. The van der Waals surface area contributed by atoms with Gasteiger partial charge in [-0.15, -0.1) is 11.8 Å². The summed E-state index contributed by atoms with van der Waals surface area (Å²) in [5.41, 5.74) is 0.0334. The monoisotopic (exact) mass is 347 g/mol. The molecule has 106 valence electrons. The van der Waals surface area contributed by atoms with Gasteiger partial charge in [0, 0.05) is 15.8 Å². The summed E-state index contributed by atoms with van der Waals surface area (Å²) in [6, 6.07) is 4.81. The van der Waals surface area contributed by atoms with Crippen LogP contribution >= 0.6 is 47.6 Å². The Morgan fingerprint density at radius 2 is 1.95 bits per heavy atom. The number of halogens is 2. The summed E-state index contributed by atoms with van der Waals surface area (Å²) in [6.07, 6.45) is 2.50. The summed E-state index contributed by atoms with van der Waals surface area (Å²) < 4.78 is 1.17. The van der Waals surface area contributed by atoms with Crippen LogP contribution in [0.1, 0.15) is 6.42 Å². The van der Waals surface area contributed by atoms with Gasteiger partial charge in [-0.25, -0.2) is 4.79 Å². The molecule has 0 aliphatic rings. The van der Waals surface area contributed by atoms with Crippen molar-refractivity contribution >= 4 is 47.6 Å². The third-order valence-corrected chi connectivity index (χ3v) is 4.05. The molecule has 0 amide bonds. The van der Waals surface area contributed by atoms with Crippen LogP contribution in [0.25, 0.3) is 5.69 Å². The number of thioether (sulfide) groups is 1. The van der Waals surface area contributed by atoms with E-state index < -0.39 is 5.69 Å². The van der Waals surface area contributed by atoms with Gasteiger partial charge in [-0.3, -0.25) is 0 Å². The minimum absolute atomic E-state index is 0.438. The summed E-state index contributed by atoms with van der Waals surface area (Å²) in [4.78, 5) is 15.9. The zero-order valence-electron chi connectivity index (χ0n) is 10.3. The Labute approximate surface area is 135 Å². The van der Waals surface area contributed by atoms with Gasteiger partial charge in [0.25, 0.3) is 0 Å². The second-order valence-corrected chi connectivity index (χ2v) is 6.28. The van der Waals surface area contributed by atoms with Crippen LogP contribution in [-0.2, 0) is 0 Å². The quantitative estimate of drug-likeness (QED) is 0.511. The first kappa shape index (κ1) is 15.7. The van der Waals surface area contributed by atoms with Gasteiger partial charge in [-0.1, -0.05) is 23.2 Å². The Hall–Kier alpha value is -0.690. The van der Waals surface area contributed by atoms with Crippen LogP contribution in [0, 0.1) is 0 Å². The van der Waals surface area contributed by atoms with E-state index in [0.29, 0.717) is 20.8 Å². The molecular weight excluding hydrogens is 337 g/mol. The van der Waals surface area contributed by atoms with Gasteiger partial charge < -0.3 is 0 Å². The van der Waals surface area contributed by atoms with E-state index in [-0.39, 0.29) is 0 Å². The van der Waals surface area contributed by atoms with Gasteiger partial charge in [0.1, 0.15) is 5.03 Å². The molecule has 0 N–H and O–H groups in total. The highest BCUT2D eigenvalue weighted by molar-refractivity contribution is 7.99. The van der Waals surface area contributed by atoms with E-state index in [9.17, 15) is 4.79 Å². The largest absolute Gasteiger partial charge is 0.369 e. The molecule has 2 rings (SSSR count). The molecule has 0 saturated carbocycles. The molecule has 20 heavy (non-hydrogen) atoms. The van der Waals surface area contributed by atoms with E-state index in [1.807, 2.05) is 0 Å². The van der Waals surface area contributed by atoms with Crippen molar-refractivity contribution in [1.82, 2.24) is 14.8 Å². The number of nitrogens with zero attached hydrogens (tertiary/aromatic N) is 3. The lowest BCUT2D eigenvalue weighted by Gasteiger charge is -2.06. The first-order valence-corrected chi connectivity index (χ1v) is 8.14. The molecular formula is C12H11Cl2N3OS2. The third kappa shape index (κ3) is 4.15. The number of hydrogen-bond acceptors (Lipinski definition) is 5. The zero-order chi connectivity index (χ0) is 14.5. The van der Waals surface area contributed by atoms with Crippen molar-refractivity contribution in [2.24, 2.45) is 0 Å². The molecule has 0 fully saturated rings. The fourth-order valence-electron chi connectivity index (χ4n) is 1.48. The Bertz CT molecular complexity index is 643. The first-order valence-electron chi connectivity index (χ1n) is 5.76. The second-order valence-electron chi connectivity index (χ2n) is 3.84. The van der Waals surface area contributed by atoms with Crippen molar-refractivity contribution in [2.45, 2.75) is 11.4 Å². The van der Waals surface area contributed by atoms with Gasteiger partial charge in [0.05, 0.1) is 11.9 Å². The van der Waals surface area contributed by atoms with E-state index in [4.69, 9.17) is 23.2 Å². The molecule has 4 nitrogen and oxygen atoms in total. The van der Waals surface area contributed by atoms with E-state index >= 15 is 0 Å². The Kier molecular flexibility index (Phi) is 5.77. The average molecular weight is 348 g/mol. The molecule has 0 aliphatic heterocycles. The molecule has 0 spiro atoms. The van der Waals surface area contributed by atoms with E-state index in [2.05, 4.69) is 22.7 Å². The molecule has 0 atom stereocenters. The minimum Gasteiger partial charge on any atom is -0.244 e. The molecule has 0 unspecified atom stereocenters. The van der Waals surface area contributed by atoms with Gasteiger partial charge in [-0.05, 0) is 30.4 Å². The van der Waals surface area contributed by atoms with E-state index in [0.717, 1.165) is 17.9 Å². The van der Waals surface area contributed by atoms with Gasteiger partial charge >= 0.3 is 5.69 Å². The summed E-state index contributed by atoms with van der Waals surface area (Å²) in [5.74, 6) is 1.66. The molecule has 1 aromatic heterocycles. The van der Waals surface area contributed by atoms with Crippen LogP contribution in [0.3, 0.4) is 0 Å². The highest BCUT2D eigenvalue weighted by atomic mass is 35.5. The number of hydrogen-bond donors (Lipinski definition) is 1. The lowest BCUT2D eigenvalue weighted by atomic mass is 10.3.